The van der Waals surface area contributed by atoms with Crippen LogP contribution < -0.4 is 15.5 Å². The molecule has 0 spiro atoms. The molecule has 2 rings (SSSR count). The molecule has 30 heavy (non-hydrogen) atoms. The van der Waals surface area contributed by atoms with Crippen LogP contribution >= 0.6 is 24.0 Å². The van der Waals surface area contributed by atoms with E-state index in [0.29, 0.717) is 12.6 Å². The molecule has 2 N–H and O–H groups in total. The van der Waals surface area contributed by atoms with E-state index in [0.717, 1.165) is 58.3 Å². The lowest BCUT2D eigenvalue weighted by molar-refractivity contribution is 0.122. The minimum Gasteiger partial charge on any atom is -0.378 e. The third kappa shape index (κ3) is 9.39. The third-order valence-electron chi connectivity index (χ3n) is 5.48. The average molecular weight is 532 g/mol. The lowest BCUT2D eigenvalue weighted by Crippen LogP contribution is -2.42. The molecule has 7 heteroatoms. The van der Waals surface area contributed by atoms with Gasteiger partial charge in [0.1, 0.15) is 0 Å². The lowest BCUT2D eigenvalue weighted by atomic mass is 10.1. The smallest absolute Gasteiger partial charge is 0.191 e. The number of morpholine rings is 1. The number of anilines is 1. The molecule has 0 radical (unpaired) electrons. The number of nitrogens with one attached hydrogen (secondary N) is 2. The molecule has 1 atom stereocenters. The molecule has 1 aromatic carbocycles. The van der Waals surface area contributed by atoms with Crippen molar-refractivity contribution in [1.29, 1.82) is 0 Å². The maximum atomic E-state index is 5.50. The summed E-state index contributed by atoms with van der Waals surface area (Å²) in [7, 11) is 0. The number of hydrogen-bond donors (Lipinski definition) is 2. The maximum absolute atomic E-state index is 5.50. The quantitative estimate of drug-likeness (QED) is 0.259. The summed E-state index contributed by atoms with van der Waals surface area (Å²) in [5.41, 5.74) is 2.54. The minimum absolute atomic E-state index is 0. The summed E-state index contributed by atoms with van der Waals surface area (Å²) in [6.45, 7) is 17.3. The van der Waals surface area contributed by atoms with Crippen LogP contribution in [0.3, 0.4) is 0 Å². The van der Waals surface area contributed by atoms with Crippen LogP contribution in [0.1, 0.15) is 46.1 Å². The Morgan fingerprint density at radius 3 is 2.53 bits per heavy atom. The molecular formula is C23H42IN5O. The summed E-state index contributed by atoms with van der Waals surface area (Å²) in [6, 6.07) is 9.00. The zero-order valence-electron chi connectivity index (χ0n) is 19.3. The van der Waals surface area contributed by atoms with Gasteiger partial charge in [-0.3, -0.25) is 0 Å². The highest BCUT2D eigenvalue weighted by Crippen LogP contribution is 2.22. The zero-order valence-corrected chi connectivity index (χ0v) is 21.7. The highest BCUT2D eigenvalue weighted by atomic mass is 127. The van der Waals surface area contributed by atoms with Gasteiger partial charge < -0.3 is 25.2 Å². The second kappa shape index (κ2) is 15.7. The van der Waals surface area contributed by atoms with Gasteiger partial charge in [-0.25, -0.2) is 4.99 Å². The van der Waals surface area contributed by atoms with Crippen LogP contribution in [-0.4, -0.2) is 69.4 Å². The highest BCUT2D eigenvalue weighted by Gasteiger charge is 2.14. The van der Waals surface area contributed by atoms with Crippen molar-refractivity contribution in [3.63, 3.8) is 0 Å². The molecule has 1 heterocycles. The molecule has 1 aliphatic rings. The van der Waals surface area contributed by atoms with Crippen molar-refractivity contribution in [2.45, 2.75) is 53.1 Å². The first-order chi connectivity index (χ1) is 14.2. The largest absolute Gasteiger partial charge is 0.378 e. The molecule has 0 amide bonds. The molecular weight excluding hydrogens is 489 g/mol. The number of halogens is 1. The normalized spacial score (nSPS) is 15.6. The number of benzene rings is 1. The SMILES string of the molecule is CCNC(=NCc1ccccc1N1CCOCC1)NC(C)CCCN(CC)CC.I. The van der Waals surface area contributed by atoms with Gasteiger partial charge in [0, 0.05) is 31.4 Å². The van der Waals surface area contributed by atoms with Gasteiger partial charge in [0.25, 0.3) is 0 Å². The molecule has 1 aliphatic heterocycles. The fourth-order valence-corrected chi connectivity index (χ4v) is 3.71. The summed E-state index contributed by atoms with van der Waals surface area (Å²) in [6.07, 6.45) is 2.35. The number of nitrogens with zero attached hydrogens (tertiary/aromatic N) is 3. The molecule has 6 nitrogen and oxygen atoms in total. The first-order valence-corrected chi connectivity index (χ1v) is 11.4. The number of ether oxygens (including phenoxy) is 1. The van der Waals surface area contributed by atoms with Crippen molar-refractivity contribution in [2.75, 3.05) is 57.4 Å². The topological polar surface area (TPSA) is 52.1 Å². The Balaban J connectivity index is 0.00000450. The van der Waals surface area contributed by atoms with Crippen LogP contribution in [0.2, 0.25) is 0 Å². The van der Waals surface area contributed by atoms with Gasteiger partial charge in [-0.15, -0.1) is 24.0 Å². The van der Waals surface area contributed by atoms with E-state index in [1.807, 2.05) is 0 Å². The predicted molar refractivity (Wildman–Crippen MR) is 139 cm³/mol. The number of guanidine groups is 1. The van der Waals surface area contributed by atoms with Crippen LogP contribution in [0, 0.1) is 0 Å². The number of hydrogen-bond acceptors (Lipinski definition) is 4. The van der Waals surface area contributed by atoms with Gasteiger partial charge in [0.15, 0.2) is 5.96 Å². The molecule has 1 unspecified atom stereocenters. The second-order valence-corrected chi connectivity index (χ2v) is 7.64. The number of para-hydroxylation sites is 1. The second-order valence-electron chi connectivity index (χ2n) is 7.64. The van der Waals surface area contributed by atoms with Crippen LogP contribution in [-0.2, 0) is 11.3 Å². The van der Waals surface area contributed by atoms with E-state index in [4.69, 9.17) is 9.73 Å². The van der Waals surface area contributed by atoms with Crippen LogP contribution in [0.5, 0.6) is 0 Å². The number of aliphatic imine (C=N–C) groups is 1. The Morgan fingerprint density at radius 1 is 1.17 bits per heavy atom. The van der Waals surface area contributed by atoms with Gasteiger partial charge in [-0.2, -0.15) is 0 Å². The van der Waals surface area contributed by atoms with E-state index in [2.05, 4.69) is 72.4 Å². The van der Waals surface area contributed by atoms with Crippen molar-refractivity contribution in [3.05, 3.63) is 29.8 Å². The maximum Gasteiger partial charge on any atom is 0.191 e. The Labute approximate surface area is 200 Å². The molecule has 0 aromatic heterocycles. The fraction of sp³-hybridized carbons (Fsp3) is 0.696. The highest BCUT2D eigenvalue weighted by molar-refractivity contribution is 14.0. The van der Waals surface area contributed by atoms with Gasteiger partial charge >= 0.3 is 0 Å². The first-order valence-electron chi connectivity index (χ1n) is 11.4. The molecule has 0 bridgehead atoms. The van der Waals surface area contributed by atoms with Crippen molar-refractivity contribution in [2.24, 2.45) is 4.99 Å². The number of rotatable bonds is 11. The van der Waals surface area contributed by atoms with Crippen LogP contribution in [0.4, 0.5) is 5.69 Å². The summed E-state index contributed by atoms with van der Waals surface area (Å²) >= 11 is 0. The monoisotopic (exact) mass is 531 g/mol. The summed E-state index contributed by atoms with van der Waals surface area (Å²) in [5, 5.41) is 6.98. The standard InChI is InChI=1S/C23H41N5O.HI/c1-5-24-23(26-20(4)11-10-14-27(6-2)7-3)25-19-21-12-8-9-13-22(21)28-15-17-29-18-16-28;/h8-9,12-13,20H,5-7,10-11,14-19H2,1-4H3,(H2,24,25,26);1H. The summed E-state index contributed by atoms with van der Waals surface area (Å²) in [4.78, 5) is 9.77. The van der Waals surface area contributed by atoms with Crippen molar-refractivity contribution in [1.82, 2.24) is 15.5 Å². The third-order valence-corrected chi connectivity index (χ3v) is 5.48. The molecule has 0 aliphatic carbocycles. The molecule has 1 aromatic rings. The van der Waals surface area contributed by atoms with E-state index in [9.17, 15) is 0 Å². The van der Waals surface area contributed by atoms with E-state index >= 15 is 0 Å². The van der Waals surface area contributed by atoms with Crippen molar-refractivity contribution in [3.8, 4) is 0 Å². The Kier molecular flexibility index (Phi) is 14.1. The van der Waals surface area contributed by atoms with E-state index in [1.54, 1.807) is 0 Å². The van der Waals surface area contributed by atoms with Crippen LogP contribution in [0.25, 0.3) is 0 Å². The Hall–Kier alpha value is -1.06. The van der Waals surface area contributed by atoms with Gasteiger partial charge in [0.05, 0.1) is 19.8 Å². The zero-order chi connectivity index (χ0) is 20.9. The van der Waals surface area contributed by atoms with E-state index in [1.165, 1.54) is 24.2 Å². The van der Waals surface area contributed by atoms with Gasteiger partial charge in [-0.05, 0) is 58.0 Å². The van der Waals surface area contributed by atoms with E-state index < -0.39 is 0 Å². The molecule has 1 saturated heterocycles. The fourth-order valence-electron chi connectivity index (χ4n) is 3.71. The molecule has 172 valence electrons. The van der Waals surface area contributed by atoms with Gasteiger partial charge in [-0.1, -0.05) is 32.0 Å². The lowest BCUT2D eigenvalue weighted by Gasteiger charge is -2.30. The average Bonchev–Trinajstić information content (AvgIpc) is 2.76. The molecule has 0 saturated carbocycles. The summed E-state index contributed by atoms with van der Waals surface area (Å²) in [5.74, 6) is 0.902. The Bertz CT molecular complexity index is 603. The van der Waals surface area contributed by atoms with Crippen LogP contribution in [0.15, 0.2) is 29.3 Å². The van der Waals surface area contributed by atoms with Gasteiger partial charge in [0.2, 0.25) is 0 Å². The first kappa shape index (κ1) is 27.0. The van der Waals surface area contributed by atoms with E-state index in [-0.39, 0.29) is 24.0 Å². The summed E-state index contributed by atoms with van der Waals surface area (Å²) < 4.78 is 5.50. The Morgan fingerprint density at radius 2 is 1.87 bits per heavy atom. The predicted octanol–water partition coefficient (Wildman–Crippen LogP) is 3.71. The molecule has 1 fully saturated rings. The minimum atomic E-state index is 0. The van der Waals surface area contributed by atoms with Crippen molar-refractivity contribution >= 4 is 35.6 Å². The van der Waals surface area contributed by atoms with Crippen molar-refractivity contribution < 1.29 is 4.74 Å².